The summed E-state index contributed by atoms with van der Waals surface area (Å²) in [6.07, 6.45) is 3.57. The average molecular weight is 360 g/mol. The van der Waals surface area contributed by atoms with Crippen molar-refractivity contribution in [1.82, 2.24) is 14.7 Å². The van der Waals surface area contributed by atoms with Crippen LogP contribution in [0.1, 0.15) is 22.7 Å². The number of ether oxygens (including phenoxy) is 1. The first-order chi connectivity index (χ1) is 11.9. The van der Waals surface area contributed by atoms with E-state index in [2.05, 4.69) is 16.1 Å². The molecule has 0 saturated carbocycles. The quantitative estimate of drug-likeness (QED) is 0.816. The lowest BCUT2D eigenvalue weighted by molar-refractivity contribution is 0.203. The van der Waals surface area contributed by atoms with Gasteiger partial charge in [-0.25, -0.2) is 8.42 Å². The zero-order valence-corrected chi connectivity index (χ0v) is 15.0. The fourth-order valence-electron chi connectivity index (χ4n) is 3.11. The molecule has 0 bridgehead atoms. The van der Waals surface area contributed by atoms with Crippen molar-refractivity contribution >= 4 is 9.84 Å². The van der Waals surface area contributed by atoms with Crippen LogP contribution in [0.15, 0.2) is 30.6 Å². The van der Waals surface area contributed by atoms with Gasteiger partial charge in [-0.2, -0.15) is 10.4 Å². The van der Waals surface area contributed by atoms with E-state index in [-0.39, 0.29) is 17.5 Å². The molecule has 0 N–H and O–H groups in total. The maximum Gasteiger partial charge on any atom is 0.153 e. The van der Waals surface area contributed by atoms with Crippen LogP contribution in [-0.4, -0.2) is 48.3 Å². The van der Waals surface area contributed by atoms with Gasteiger partial charge in [-0.3, -0.25) is 9.58 Å². The second-order valence-electron chi connectivity index (χ2n) is 6.19. The molecule has 2 aromatic rings. The van der Waals surface area contributed by atoms with Crippen molar-refractivity contribution in [3.63, 3.8) is 0 Å². The summed E-state index contributed by atoms with van der Waals surface area (Å²) in [4.78, 5) is 2.13. The number of rotatable bonds is 4. The summed E-state index contributed by atoms with van der Waals surface area (Å²) in [5.74, 6) is 0.858. The minimum Gasteiger partial charge on any atom is -0.496 e. The number of nitriles is 1. The highest BCUT2D eigenvalue weighted by atomic mass is 32.2. The minimum absolute atomic E-state index is 0.0806. The number of nitrogens with zero attached hydrogens (tertiary/aromatic N) is 4. The Bertz CT molecular complexity index is 914. The Morgan fingerprint density at radius 1 is 1.44 bits per heavy atom. The van der Waals surface area contributed by atoms with Crippen molar-refractivity contribution in [1.29, 1.82) is 5.26 Å². The molecule has 1 saturated heterocycles. The Hall–Kier alpha value is -2.37. The average Bonchev–Trinajstić information content (AvgIpc) is 3.02. The van der Waals surface area contributed by atoms with E-state index < -0.39 is 9.84 Å². The highest BCUT2D eigenvalue weighted by Gasteiger charge is 2.33. The number of aryl methyl sites for hydroxylation is 1. The van der Waals surface area contributed by atoms with Gasteiger partial charge in [-0.1, -0.05) is 6.07 Å². The molecule has 1 aromatic heterocycles. The van der Waals surface area contributed by atoms with Gasteiger partial charge in [-0.05, 0) is 12.1 Å². The third-order valence-electron chi connectivity index (χ3n) is 4.44. The van der Waals surface area contributed by atoms with E-state index in [0.717, 1.165) is 11.1 Å². The first kappa shape index (κ1) is 17.5. The highest BCUT2D eigenvalue weighted by Crippen LogP contribution is 2.30. The summed E-state index contributed by atoms with van der Waals surface area (Å²) >= 11 is 0. The summed E-state index contributed by atoms with van der Waals surface area (Å²) in [6, 6.07) is 7.17. The van der Waals surface area contributed by atoms with Crippen LogP contribution in [-0.2, 0) is 23.4 Å². The predicted molar refractivity (Wildman–Crippen MR) is 92.7 cm³/mol. The van der Waals surface area contributed by atoms with E-state index in [1.54, 1.807) is 30.1 Å². The van der Waals surface area contributed by atoms with Crippen LogP contribution in [0.3, 0.4) is 0 Å². The Labute approximate surface area is 147 Å². The fraction of sp³-hybridized carbons (Fsp3) is 0.412. The standard InChI is InChI=1S/C17H20N4O3S/c1-20-10-15(9-19-20)16-12-25(22,23)6-5-21(16)11-14-4-3-13(8-18)7-17(14)24-2/h3-4,7,9-10,16H,5-6,11-12H2,1-2H3. The molecule has 0 spiro atoms. The Balaban J connectivity index is 1.91. The second-order valence-corrected chi connectivity index (χ2v) is 8.42. The molecule has 132 valence electrons. The van der Waals surface area contributed by atoms with Gasteiger partial charge < -0.3 is 4.74 Å². The Morgan fingerprint density at radius 3 is 2.88 bits per heavy atom. The van der Waals surface area contributed by atoms with Crippen molar-refractivity contribution in [3.8, 4) is 11.8 Å². The molecule has 1 atom stereocenters. The number of aromatic nitrogens is 2. The molecule has 1 aliphatic heterocycles. The molecule has 2 heterocycles. The fourth-order valence-corrected chi connectivity index (χ4v) is 4.68. The lowest BCUT2D eigenvalue weighted by Gasteiger charge is -2.35. The van der Waals surface area contributed by atoms with Crippen LogP contribution in [0.5, 0.6) is 5.75 Å². The number of hydrogen-bond donors (Lipinski definition) is 0. The zero-order chi connectivity index (χ0) is 18.0. The van der Waals surface area contributed by atoms with Crippen LogP contribution in [0, 0.1) is 11.3 Å². The molecular formula is C17H20N4O3S. The van der Waals surface area contributed by atoms with Gasteiger partial charge in [-0.15, -0.1) is 0 Å². The predicted octanol–water partition coefficient (Wildman–Crippen LogP) is 1.27. The van der Waals surface area contributed by atoms with E-state index in [9.17, 15) is 8.42 Å². The molecule has 8 heteroatoms. The summed E-state index contributed by atoms with van der Waals surface area (Å²) in [5.41, 5.74) is 2.35. The van der Waals surface area contributed by atoms with Crippen molar-refractivity contribution in [3.05, 3.63) is 47.3 Å². The molecule has 3 rings (SSSR count). The second kappa shape index (κ2) is 6.86. The van der Waals surface area contributed by atoms with Crippen LogP contribution in [0.4, 0.5) is 0 Å². The van der Waals surface area contributed by atoms with Gasteiger partial charge >= 0.3 is 0 Å². The molecule has 0 amide bonds. The van der Waals surface area contributed by atoms with E-state index in [0.29, 0.717) is 24.4 Å². The monoisotopic (exact) mass is 360 g/mol. The Kier molecular flexibility index (Phi) is 4.79. The molecule has 25 heavy (non-hydrogen) atoms. The van der Waals surface area contributed by atoms with Gasteiger partial charge in [0, 0.05) is 37.5 Å². The van der Waals surface area contributed by atoms with Crippen molar-refractivity contribution in [2.24, 2.45) is 7.05 Å². The molecule has 7 nitrogen and oxygen atoms in total. The zero-order valence-electron chi connectivity index (χ0n) is 14.2. The summed E-state index contributed by atoms with van der Waals surface area (Å²) in [6.45, 7) is 0.995. The van der Waals surface area contributed by atoms with Crippen LogP contribution in [0.2, 0.25) is 0 Å². The molecule has 1 unspecified atom stereocenters. The van der Waals surface area contributed by atoms with Crippen LogP contribution >= 0.6 is 0 Å². The van der Waals surface area contributed by atoms with Crippen molar-refractivity contribution in [2.75, 3.05) is 25.2 Å². The Morgan fingerprint density at radius 2 is 2.24 bits per heavy atom. The van der Waals surface area contributed by atoms with Gasteiger partial charge in [0.05, 0.1) is 42.5 Å². The lowest BCUT2D eigenvalue weighted by atomic mass is 10.1. The molecule has 1 aromatic carbocycles. The van der Waals surface area contributed by atoms with Gasteiger partial charge in [0.15, 0.2) is 9.84 Å². The van der Waals surface area contributed by atoms with E-state index in [1.165, 1.54) is 0 Å². The number of methoxy groups -OCH3 is 1. The van der Waals surface area contributed by atoms with Crippen LogP contribution in [0.25, 0.3) is 0 Å². The highest BCUT2D eigenvalue weighted by molar-refractivity contribution is 7.91. The molecule has 1 fully saturated rings. The van der Waals surface area contributed by atoms with Crippen LogP contribution < -0.4 is 4.74 Å². The first-order valence-corrected chi connectivity index (χ1v) is 9.74. The van der Waals surface area contributed by atoms with Gasteiger partial charge in [0.25, 0.3) is 0 Å². The number of sulfone groups is 1. The summed E-state index contributed by atoms with van der Waals surface area (Å²) in [7, 11) is 0.308. The maximum atomic E-state index is 12.1. The number of benzene rings is 1. The summed E-state index contributed by atoms with van der Waals surface area (Å²) < 4.78 is 31.3. The molecule has 0 radical (unpaired) electrons. The minimum atomic E-state index is -3.08. The van der Waals surface area contributed by atoms with Crippen molar-refractivity contribution in [2.45, 2.75) is 12.6 Å². The molecule has 1 aliphatic rings. The van der Waals surface area contributed by atoms with E-state index >= 15 is 0 Å². The molecular weight excluding hydrogens is 340 g/mol. The normalized spacial score (nSPS) is 20.1. The third kappa shape index (κ3) is 3.83. The summed E-state index contributed by atoms with van der Waals surface area (Å²) in [5, 5.41) is 13.2. The van der Waals surface area contributed by atoms with E-state index in [4.69, 9.17) is 10.00 Å². The lowest BCUT2D eigenvalue weighted by Crippen LogP contribution is -2.42. The third-order valence-corrected chi connectivity index (χ3v) is 6.07. The largest absolute Gasteiger partial charge is 0.496 e. The molecule has 0 aliphatic carbocycles. The van der Waals surface area contributed by atoms with Gasteiger partial charge in [0.2, 0.25) is 0 Å². The van der Waals surface area contributed by atoms with Gasteiger partial charge in [0.1, 0.15) is 5.75 Å². The first-order valence-electron chi connectivity index (χ1n) is 7.92. The SMILES string of the molecule is COc1cc(C#N)ccc1CN1CCS(=O)(=O)CC1c1cnn(C)c1. The smallest absolute Gasteiger partial charge is 0.153 e. The van der Waals surface area contributed by atoms with Crippen molar-refractivity contribution < 1.29 is 13.2 Å². The van der Waals surface area contributed by atoms with E-state index in [1.807, 2.05) is 19.3 Å². The topological polar surface area (TPSA) is 88.2 Å². The maximum absolute atomic E-state index is 12.1. The number of hydrogen-bond acceptors (Lipinski definition) is 6.